The van der Waals surface area contributed by atoms with Crippen LogP contribution in [0.25, 0.3) is 0 Å². The van der Waals surface area contributed by atoms with Crippen LogP contribution in [0.1, 0.15) is 34.1 Å². The zero-order valence-corrected chi connectivity index (χ0v) is 17.7. The van der Waals surface area contributed by atoms with Crippen LogP contribution in [0, 0.1) is 0 Å². The quantitative estimate of drug-likeness (QED) is 0.582. The molecule has 0 unspecified atom stereocenters. The second-order valence-corrected chi connectivity index (χ2v) is 7.77. The van der Waals surface area contributed by atoms with Gasteiger partial charge in [-0.05, 0) is 66.1 Å². The topological polar surface area (TPSA) is 74.3 Å². The largest absolute Gasteiger partial charge is 0.416 e. The summed E-state index contributed by atoms with van der Waals surface area (Å²) in [5.74, 6) is -0.405. The van der Waals surface area contributed by atoms with E-state index in [1.165, 1.54) is 25.3 Å². The summed E-state index contributed by atoms with van der Waals surface area (Å²) < 4.78 is 38.2. The molecular formula is C24H21F3N4O2. The molecule has 0 saturated carbocycles. The van der Waals surface area contributed by atoms with Gasteiger partial charge in [-0.2, -0.15) is 13.2 Å². The minimum Gasteiger partial charge on any atom is -0.356 e. The average molecular weight is 454 g/mol. The fourth-order valence-electron chi connectivity index (χ4n) is 3.67. The normalized spacial score (nSPS) is 13.3. The minimum absolute atomic E-state index is 0.193. The Bertz CT molecular complexity index is 1180. The van der Waals surface area contributed by atoms with E-state index in [-0.39, 0.29) is 11.8 Å². The van der Waals surface area contributed by atoms with Crippen LogP contribution in [0.5, 0.6) is 0 Å². The standard InChI is InChI=1S/C24H21F3N4O2/c1-15(32)29-21-8-9-22(28-13-21)23(33)31-11-10-16-12-20(5-2-17(16)14-31)30-19-6-3-18(4-7-19)24(25,26)27/h2-9,12-13,30H,10-11,14H2,1H3,(H,29,32). The fourth-order valence-corrected chi connectivity index (χ4v) is 3.67. The molecule has 0 fully saturated rings. The van der Waals surface area contributed by atoms with E-state index in [0.29, 0.717) is 36.6 Å². The lowest BCUT2D eigenvalue weighted by Crippen LogP contribution is -2.36. The molecule has 1 aliphatic rings. The summed E-state index contributed by atoms with van der Waals surface area (Å²) in [5, 5.41) is 5.74. The molecule has 170 valence electrons. The van der Waals surface area contributed by atoms with Crippen molar-refractivity contribution in [2.24, 2.45) is 0 Å². The van der Waals surface area contributed by atoms with Gasteiger partial charge in [0, 0.05) is 31.4 Å². The zero-order chi connectivity index (χ0) is 23.6. The number of carbonyl (C=O) groups excluding carboxylic acids is 2. The van der Waals surface area contributed by atoms with Gasteiger partial charge in [0.25, 0.3) is 5.91 Å². The molecule has 0 saturated heterocycles. The third-order valence-electron chi connectivity index (χ3n) is 5.31. The van der Waals surface area contributed by atoms with E-state index in [9.17, 15) is 22.8 Å². The maximum absolute atomic E-state index is 12.8. The van der Waals surface area contributed by atoms with Crippen molar-refractivity contribution in [2.75, 3.05) is 17.2 Å². The second-order valence-electron chi connectivity index (χ2n) is 7.77. The second kappa shape index (κ2) is 8.93. The van der Waals surface area contributed by atoms with Crippen LogP contribution >= 0.6 is 0 Å². The summed E-state index contributed by atoms with van der Waals surface area (Å²) in [6.07, 6.45) is -2.27. The molecule has 2 amide bonds. The summed E-state index contributed by atoms with van der Waals surface area (Å²) in [6, 6.07) is 13.8. The number of hydrogen-bond donors (Lipinski definition) is 2. The monoisotopic (exact) mass is 454 g/mol. The van der Waals surface area contributed by atoms with E-state index in [1.807, 2.05) is 18.2 Å². The van der Waals surface area contributed by atoms with Crippen LogP contribution in [0.2, 0.25) is 0 Å². The molecule has 0 radical (unpaired) electrons. The smallest absolute Gasteiger partial charge is 0.356 e. The number of pyridine rings is 1. The van der Waals surface area contributed by atoms with Gasteiger partial charge in [-0.3, -0.25) is 9.59 Å². The summed E-state index contributed by atoms with van der Waals surface area (Å²) in [5.41, 5.74) is 3.53. The maximum atomic E-state index is 12.8. The third kappa shape index (κ3) is 5.31. The molecule has 0 atom stereocenters. The van der Waals surface area contributed by atoms with E-state index in [4.69, 9.17) is 0 Å². The Kier molecular flexibility index (Phi) is 6.04. The molecular weight excluding hydrogens is 433 g/mol. The van der Waals surface area contributed by atoms with Crippen LogP contribution in [0.3, 0.4) is 0 Å². The number of amides is 2. The van der Waals surface area contributed by atoms with E-state index in [2.05, 4.69) is 15.6 Å². The van der Waals surface area contributed by atoms with Gasteiger partial charge in [0.1, 0.15) is 5.69 Å². The summed E-state index contributed by atoms with van der Waals surface area (Å²) in [6.45, 7) is 2.35. The molecule has 33 heavy (non-hydrogen) atoms. The van der Waals surface area contributed by atoms with Crippen molar-refractivity contribution in [3.8, 4) is 0 Å². The van der Waals surface area contributed by atoms with Crippen molar-refractivity contribution in [3.05, 3.63) is 83.2 Å². The highest BCUT2D eigenvalue weighted by atomic mass is 19.4. The van der Waals surface area contributed by atoms with Crippen molar-refractivity contribution in [3.63, 3.8) is 0 Å². The van der Waals surface area contributed by atoms with E-state index in [1.54, 1.807) is 17.0 Å². The molecule has 9 heteroatoms. The maximum Gasteiger partial charge on any atom is 0.416 e. The van der Waals surface area contributed by atoms with Crippen LogP contribution in [-0.4, -0.2) is 28.2 Å². The number of anilines is 3. The lowest BCUT2D eigenvalue weighted by atomic mass is 9.98. The molecule has 2 aromatic carbocycles. The number of aromatic nitrogens is 1. The average Bonchev–Trinajstić information content (AvgIpc) is 2.78. The Balaban J connectivity index is 1.42. The number of halogens is 3. The fraction of sp³-hybridized carbons (Fsp3) is 0.208. The van der Waals surface area contributed by atoms with Crippen molar-refractivity contribution in [2.45, 2.75) is 26.1 Å². The van der Waals surface area contributed by atoms with E-state index < -0.39 is 11.7 Å². The Morgan fingerprint density at radius 1 is 0.939 bits per heavy atom. The third-order valence-corrected chi connectivity index (χ3v) is 5.31. The van der Waals surface area contributed by atoms with Crippen LogP contribution in [0.15, 0.2) is 60.8 Å². The Morgan fingerprint density at radius 2 is 1.64 bits per heavy atom. The van der Waals surface area contributed by atoms with Gasteiger partial charge in [0.05, 0.1) is 17.4 Å². The highest BCUT2D eigenvalue weighted by Crippen LogP contribution is 2.31. The van der Waals surface area contributed by atoms with Crippen LogP contribution in [-0.2, 0) is 23.9 Å². The van der Waals surface area contributed by atoms with Crippen LogP contribution < -0.4 is 10.6 Å². The Morgan fingerprint density at radius 3 is 2.27 bits per heavy atom. The van der Waals surface area contributed by atoms with Gasteiger partial charge in [-0.15, -0.1) is 0 Å². The summed E-state index contributed by atoms with van der Waals surface area (Å²) in [7, 11) is 0. The predicted octanol–water partition coefficient (Wildman–Crippen LogP) is 5.00. The van der Waals surface area contributed by atoms with Gasteiger partial charge in [0.15, 0.2) is 0 Å². The number of benzene rings is 2. The molecule has 4 rings (SSSR count). The van der Waals surface area contributed by atoms with E-state index >= 15 is 0 Å². The molecule has 0 bridgehead atoms. The number of hydrogen-bond acceptors (Lipinski definition) is 4. The van der Waals surface area contributed by atoms with Gasteiger partial charge in [-0.25, -0.2) is 4.98 Å². The first-order chi connectivity index (χ1) is 15.7. The first-order valence-electron chi connectivity index (χ1n) is 10.3. The van der Waals surface area contributed by atoms with Gasteiger partial charge >= 0.3 is 6.18 Å². The first kappa shape index (κ1) is 22.3. The molecule has 2 N–H and O–H groups in total. The van der Waals surface area contributed by atoms with Gasteiger partial charge in [0.2, 0.25) is 5.91 Å². The summed E-state index contributed by atoms with van der Waals surface area (Å²) >= 11 is 0. The molecule has 6 nitrogen and oxygen atoms in total. The number of nitrogens with zero attached hydrogens (tertiary/aromatic N) is 2. The highest BCUT2D eigenvalue weighted by Gasteiger charge is 2.30. The molecule has 3 aromatic rings. The van der Waals surface area contributed by atoms with Crippen molar-refractivity contribution in [1.29, 1.82) is 0 Å². The van der Waals surface area contributed by atoms with Crippen LogP contribution in [0.4, 0.5) is 30.2 Å². The predicted molar refractivity (Wildman–Crippen MR) is 118 cm³/mol. The molecule has 1 aliphatic heterocycles. The number of fused-ring (bicyclic) bond motifs is 1. The molecule has 2 heterocycles. The molecule has 0 spiro atoms. The number of alkyl halides is 3. The number of rotatable bonds is 4. The van der Waals surface area contributed by atoms with Gasteiger partial charge < -0.3 is 15.5 Å². The van der Waals surface area contributed by atoms with E-state index in [0.717, 1.165) is 28.9 Å². The number of nitrogens with one attached hydrogen (secondary N) is 2. The number of carbonyl (C=O) groups is 2. The Hall–Kier alpha value is -3.88. The van der Waals surface area contributed by atoms with Gasteiger partial charge in [-0.1, -0.05) is 6.07 Å². The van der Waals surface area contributed by atoms with Crippen molar-refractivity contribution < 1.29 is 22.8 Å². The van der Waals surface area contributed by atoms with Crippen molar-refractivity contribution >= 4 is 28.9 Å². The molecule has 0 aliphatic carbocycles. The zero-order valence-electron chi connectivity index (χ0n) is 17.7. The SMILES string of the molecule is CC(=O)Nc1ccc(C(=O)N2CCc3cc(Nc4ccc(C(F)(F)F)cc4)ccc3C2)nc1. The lowest BCUT2D eigenvalue weighted by molar-refractivity contribution is -0.137. The first-order valence-corrected chi connectivity index (χ1v) is 10.3. The minimum atomic E-state index is -4.36. The molecule has 1 aromatic heterocycles. The Labute approximate surface area is 188 Å². The summed E-state index contributed by atoms with van der Waals surface area (Å²) in [4.78, 5) is 29.8. The lowest BCUT2D eigenvalue weighted by Gasteiger charge is -2.29. The van der Waals surface area contributed by atoms with Crippen molar-refractivity contribution in [1.82, 2.24) is 9.88 Å². The highest BCUT2D eigenvalue weighted by molar-refractivity contribution is 5.93.